The monoisotopic (exact) mass is 334 g/mol. The summed E-state index contributed by atoms with van der Waals surface area (Å²) in [5, 5.41) is 2.76. The highest BCUT2D eigenvalue weighted by molar-refractivity contribution is 5.91. The molecule has 0 saturated carbocycles. The molecule has 0 radical (unpaired) electrons. The minimum absolute atomic E-state index is 0.270. The van der Waals surface area contributed by atoms with E-state index < -0.39 is 0 Å². The lowest BCUT2D eigenvalue weighted by molar-refractivity contribution is 0.0675. The smallest absolute Gasteiger partial charge is 0.273 e. The Labute approximate surface area is 140 Å². The van der Waals surface area contributed by atoms with Gasteiger partial charge in [0.15, 0.2) is 12.1 Å². The van der Waals surface area contributed by atoms with Gasteiger partial charge in [0.25, 0.3) is 5.91 Å². The van der Waals surface area contributed by atoms with Gasteiger partial charge in [-0.2, -0.15) is 0 Å². The summed E-state index contributed by atoms with van der Waals surface area (Å²) in [6, 6.07) is 0. The van der Waals surface area contributed by atoms with Crippen molar-refractivity contribution in [1.82, 2.24) is 20.2 Å². The molecule has 1 aliphatic rings. The molecule has 3 heterocycles. The predicted octanol–water partition coefficient (Wildman–Crippen LogP) is 1.51. The molecule has 1 aliphatic heterocycles. The average Bonchev–Trinajstić information content (AvgIpc) is 3.28. The van der Waals surface area contributed by atoms with Crippen LogP contribution in [0.5, 0.6) is 0 Å². The van der Waals surface area contributed by atoms with Crippen molar-refractivity contribution in [3.05, 3.63) is 35.7 Å². The van der Waals surface area contributed by atoms with Crippen LogP contribution >= 0.6 is 0 Å². The number of ether oxygens (including phenoxy) is 1. The van der Waals surface area contributed by atoms with E-state index in [1.807, 2.05) is 6.92 Å². The second kappa shape index (κ2) is 7.59. The van der Waals surface area contributed by atoms with Gasteiger partial charge >= 0.3 is 0 Å². The van der Waals surface area contributed by atoms with Crippen LogP contribution in [-0.2, 0) is 17.8 Å². The molecule has 1 fully saturated rings. The minimum Gasteiger partial charge on any atom is -0.448 e. The summed E-state index contributed by atoms with van der Waals surface area (Å²) >= 11 is 0. The number of amides is 1. The predicted molar refractivity (Wildman–Crippen MR) is 84.2 cm³/mol. The first-order valence-electron chi connectivity index (χ1n) is 8.11. The van der Waals surface area contributed by atoms with Crippen LogP contribution < -0.4 is 5.32 Å². The van der Waals surface area contributed by atoms with E-state index in [2.05, 4.69) is 20.2 Å². The molecule has 2 aromatic heterocycles. The average molecular weight is 334 g/mol. The van der Waals surface area contributed by atoms with Gasteiger partial charge in [0, 0.05) is 19.7 Å². The van der Waals surface area contributed by atoms with Gasteiger partial charge in [0.05, 0.1) is 19.2 Å². The van der Waals surface area contributed by atoms with E-state index in [9.17, 15) is 4.79 Å². The van der Waals surface area contributed by atoms with E-state index in [-0.39, 0.29) is 17.7 Å². The molecule has 0 aliphatic carbocycles. The number of nitrogens with zero attached hydrogens (tertiary/aromatic N) is 3. The van der Waals surface area contributed by atoms with Gasteiger partial charge in [0.2, 0.25) is 5.89 Å². The van der Waals surface area contributed by atoms with Crippen LogP contribution in [0, 0.1) is 6.92 Å². The Hall–Kier alpha value is -2.19. The topological polar surface area (TPSA) is 93.6 Å². The third kappa shape index (κ3) is 4.01. The lowest BCUT2D eigenvalue weighted by Gasteiger charge is -2.13. The van der Waals surface area contributed by atoms with Gasteiger partial charge in [0.1, 0.15) is 17.7 Å². The normalized spacial score (nSPS) is 18.2. The molecular weight excluding hydrogens is 312 g/mol. The molecule has 8 nitrogen and oxygen atoms in total. The summed E-state index contributed by atoms with van der Waals surface area (Å²) in [4.78, 5) is 22.6. The summed E-state index contributed by atoms with van der Waals surface area (Å²) in [7, 11) is 0. The third-order valence-corrected chi connectivity index (χ3v) is 4.04. The molecule has 1 unspecified atom stereocenters. The molecule has 0 aromatic carbocycles. The Morgan fingerprint density at radius 3 is 3.12 bits per heavy atom. The van der Waals surface area contributed by atoms with E-state index in [4.69, 9.17) is 13.6 Å². The van der Waals surface area contributed by atoms with Crippen LogP contribution in [-0.4, -0.2) is 46.6 Å². The van der Waals surface area contributed by atoms with Gasteiger partial charge in [-0.3, -0.25) is 9.69 Å². The fraction of sp³-hybridized carbons (Fsp3) is 0.562. The Morgan fingerprint density at radius 2 is 2.38 bits per heavy atom. The van der Waals surface area contributed by atoms with Crippen molar-refractivity contribution in [2.75, 3.05) is 19.7 Å². The van der Waals surface area contributed by atoms with Gasteiger partial charge < -0.3 is 18.9 Å². The Morgan fingerprint density at radius 1 is 1.50 bits per heavy atom. The molecule has 24 heavy (non-hydrogen) atoms. The molecule has 1 atom stereocenters. The van der Waals surface area contributed by atoms with E-state index in [1.165, 1.54) is 12.7 Å². The number of oxazole rings is 2. The van der Waals surface area contributed by atoms with Gasteiger partial charge in [-0.15, -0.1) is 0 Å². The second-order valence-corrected chi connectivity index (χ2v) is 5.77. The molecule has 2 aromatic rings. The Bertz CT molecular complexity index is 681. The zero-order chi connectivity index (χ0) is 16.9. The van der Waals surface area contributed by atoms with Crippen molar-refractivity contribution < 1.29 is 18.4 Å². The SMILES string of the molecule is CCOC1CCN(Cc2nc(C(=O)NCc3ncoc3C)co2)C1. The highest BCUT2D eigenvalue weighted by Crippen LogP contribution is 2.16. The van der Waals surface area contributed by atoms with Crippen molar-refractivity contribution in [2.45, 2.75) is 39.5 Å². The fourth-order valence-corrected chi connectivity index (χ4v) is 2.74. The maximum atomic E-state index is 12.1. The number of aryl methyl sites for hydroxylation is 1. The van der Waals surface area contributed by atoms with Gasteiger partial charge in [-0.05, 0) is 20.3 Å². The summed E-state index contributed by atoms with van der Waals surface area (Å²) < 4.78 is 16.1. The Kier molecular flexibility index (Phi) is 5.27. The van der Waals surface area contributed by atoms with Crippen LogP contribution in [0.3, 0.4) is 0 Å². The van der Waals surface area contributed by atoms with Crippen molar-refractivity contribution in [3.63, 3.8) is 0 Å². The first-order valence-corrected chi connectivity index (χ1v) is 8.11. The van der Waals surface area contributed by atoms with Crippen LogP contribution in [0.4, 0.5) is 0 Å². The summed E-state index contributed by atoms with van der Waals surface area (Å²) in [6.45, 7) is 7.22. The van der Waals surface area contributed by atoms with Crippen molar-refractivity contribution >= 4 is 5.91 Å². The first-order chi connectivity index (χ1) is 11.7. The molecule has 1 amide bonds. The summed E-state index contributed by atoms with van der Waals surface area (Å²) in [6.07, 6.45) is 4.03. The van der Waals surface area contributed by atoms with Crippen molar-refractivity contribution in [3.8, 4) is 0 Å². The highest BCUT2D eigenvalue weighted by Gasteiger charge is 2.24. The van der Waals surface area contributed by atoms with E-state index in [0.717, 1.165) is 26.1 Å². The number of hydrogen-bond acceptors (Lipinski definition) is 7. The first kappa shape index (κ1) is 16.7. The number of hydrogen-bond donors (Lipinski definition) is 1. The van der Waals surface area contributed by atoms with Crippen LogP contribution in [0.15, 0.2) is 21.5 Å². The minimum atomic E-state index is -0.291. The molecule has 1 saturated heterocycles. The molecule has 3 rings (SSSR count). The quantitative estimate of drug-likeness (QED) is 0.820. The molecule has 0 spiro atoms. The number of carbonyl (C=O) groups is 1. The lowest BCUT2D eigenvalue weighted by atomic mass is 10.3. The number of nitrogens with one attached hydrogen (secondary N) is 1. The van der Waals surface area contributed by atoms with Gasteiger partial charge in [-0.25, -0.2) is 9.97 Å². The molecule has 1 N–H and O–H groups in total. The second-order valence-electron chi connectivity index (χ2n) is 5.77. The van der Waals surface area contributed by atoms with Gasteiger partial charge in [-0.1, -0.05) is 0 Å². The van der Waals surface area contributed by atoms with E-state index in [0.29, 0.717) is 30.4 Å². The standard InChI is InChI=1S/C16H22N4O4/c1-3-22-12-4-5-20(7-12)8-15-19-14(9-23-15)16(21)17-6-13-11(2)24-10-18-13/h9-10,12H,3-8H2,1-2H3,(H,17,21). The van der Waals surface area contributed by atoms with Crippen LogP contribution in [0.2, 0.25) is 0 Å². The fourth-order valence-electron chi connectivity index (χ4n) is 2.74. The molecular formula is C16H22N4O4. The van der Waals surface area contributed by atoms with Crippen molar-refractivity contribution in [1.29, 1.82) is 0 Å². The number of carbonyl (C=O) groups excluding carboxylic acids is 1. The largest absolute Gasteiger partial charge is 0.448 e. The molecule has 0 bridgehead atoms. The maximum Gasteiger partial charge on any atom is 0.273 e. The molecule has 130 valence electrons. The summed E-state index contributed by atoms with van der Waals surface area (Å²) in [5.41, 5.74) is 0.970. The maximum absolute atomic E-state index is 12.1. The number of likely N-dealkylation sites (tertiary alicyclic amines) is 1. The zero-order valence-electron chi connectivity index (χ0n) is 13.9. The highest BCUT2D eigenvalue weighted by atomic mass is 16.5. The summed E-state index contributed by atoms with van der Waals surface area (Å²) in [5.74, 6) is 0.935. The number of rotatable bonds is 7. The molecule has 8 heteroatoms. The van der Waals surface area contributed by atoms with E-state index in [1.54, 1.807) is 6.92 Å². The zero-order valence-corrected chi connectivity index (χ0v) is 13.9. The lowest BCUT2D eigenvalue weighted by Crippen LogP contribution is -2.24. The van der Waals surface area contributed by atoms with Crippen LogP contribution in [0.25, 0.3) is 0 Å². The Balaban J connectivity index is 1.50. The number of aromatic nitrogens is 2. The van der Waals surface area contributed by atoms with Crippen LogP contribution in [0.1, 0.15) is 41.2 Å². The van der Waals surface area contributed by atoms with Crippen molar-refractivity contribution in [2.24, 2.45) is 0 Å². The van der Waals surface area contributed by atoms with E-state index >= 15 is 0 Å². The third-order valence-electron chi connectivity index (χ3n) is 4.04.